The van der Waals surface area contributed by atoms with E-state index >= 15 is 0 Å². The number of nitrogens with one attached hydrogen (secondary N) is 1. The molecule has 0 radical (unpaired) electrons. The van der Waals surface area contributed by atoms with Crippen molar-refractivity contribution in [3.05, 3.63) is 53.6 Å². The van der Waals surface area contributed by atoms with Crippen LogP contribution in [-0.4, -0.2) is 44.0 Å². The van der Waals surface area contributed by atoms with Gasteiger partial charge in [-0.3, -0.25) is 9.59 Å². The lowest BCUT2D eigenvalue weighted by atomic mass is 10.1. The first-order valence-corrected chi connectivity index (χ1v) is 8.76. The molecule has 144 valence electrons. The van der Waals surface area contributed by atoms with Crippen molar-refractivity contribution in [2.75, 3.05) is 32.6 Å². The predicted octanol–water partition coefficient (Wildman–Crippen LogP) is 3.04. The van der Waals surface area contributed by atoms with Crippen LogP contribution in [0.4, 0.5) is 5.69 Å². The van der Waals surface area contributed by atoms with Gasteiger partial charge in [-0.15, -0.1) is 0 Å². The zero-order chi connectivity index (χ0) is 19.8. The summed E-state index contributed by atoms with van der Waals surface area (Å²) in [6.45, 7) is 3.83. The first-order chi connectivity index (χ1) is 12.9. The average molecular weight is 370 g/mol. The topological polar surface area (TPSA) is 67.9 Å². The van der Waals surface area contributed by atoms with Crippen LogP contribution < -0.4 is 14.8 Å². The SMILES string of the molecule is COc1cccc(CCN(CC(=O)Nc2cc(C)ccc2OC)C(C)=O)c1. The summed E-state index contributed by atoms with van der Waals surface area (Å²) < 4.78 is 10.5. The Kier molecular flexibility index (Phi) is 7.23. The van der Waals surface area contributed by atoms with E-state index in [1.807, 2.05) is 43.3 Å². The molecule has 0 aliphatic carbocycles. The lowest BCUT2D eigenvalue weighted by Gasteiger charge is -2.21. The molecule has 6 heteroatoms. The molecule has 1 N–H and O–H groups in total. The molecule has 2 aromatic rings. The highest BCUT2D eigenvalue weighted by Crippen LogP contribution is 2.25. The fourth-order valence-corrected chi connectivity index (χ4v) is 2.72. The number of benzene rings is 2. The molecule has 0 atom stereocenters. The molecule has 2 aromatic carbocycles. The molecule has 0 aliphatic rings. The number of amides is 2. The number of anilines is 1. The van der Waals surface area contributed by atoms with Crippen molar-refractivity contribution in [1.82, 2.24) is 4.90 Å². The normalized spacial score (nSPS) is 10.2. The van der Waals surface area contributed by atoms with E-state index in [4.69, 9.17) is 9.47 Å². The molecule has 2 rings (SSSR count). The Morgan fingerprint density at radius 1 is 1.07 bits per heavy atom. The third kappa shape index (κ3) is 6.02. The molecule has 0 saturated carbocycles. The van der Waals surface area contributed by atoms with E-state index in [2.05, 4.69) is 5.32 Å². The van der Waals surface area contributed by atoms with Gasteiger partial charge in [-0.2, -0.15) is 0 Å². The fourth-order valence-electron chi connectivity index (χ4n) is 2.72. The van der Waals surface area contributed by atoms with Crippen molar-refractivity contribution >= 4 is 17.5 Å². The summed E-state index contributed by atoms with van der Waals surface area (Å²) in [7, 11) is 3.17. The van der Waals surface area contributed by atoms with Crippen LogP contribution in [0.1, 0.15) is 18.1 Å². The van der Waals surface area contributed by atoms with Crippen molar-refractivity contribution in [1.29, 1.82) is 0 Å². The Bertz CT molecular complexity index is 805. The molecule has 6 nitrogen and oxygen atoms in total. The minimum Gasteiger partial charge on any atom is -0.497 e. The van der Waals surface area contributed by atoms with Gasteiger partial charge in [-0.05, 0) is 48.7 Å². The predicted molar refractivity (Wildman–Crippen MR) is 105 cm³/mol. The third-order valence-corrected chi connectivity index (χ3v) is 4.21. The number of hydrogen-bond acceptors (Lipinski definition) is 4. The second kappa shape index (κ2) is 9.62. The minimum atomic E-state index is -0.264. The average Bonchev–Trinajstić information content (AvgIpc) is 2.65. The summed E-state index contributed by atoms with van der Waals surface area (Å²) >= 11 is 0. The number of aryl methyl sites for hydroxylation is 1. The summed E-state index contributed by atoms with van der Waals surface area (Å²) in [4.78, 5) is 25.9. The Labute approximate surface area is 160 Å². The number of rotatable bonds is 8. The van der Waals surface area contributed by atoms with Crippen LogP contribution in [0.3, 0.4) is 0 Å². The molecule has 27 heavy (non-hydrogen) atoms. The number of ether oxygens (including phenoxy) is 2. The second-order valence-electron chi connectivity index (χ2n) is 6.29. The van der Waals surface area contributed by atoms with E-state index in [0.717, 1.165) is 16.9 Å². The maximum atomic E-state index is 12.4. The highest BCUT2D eigenvalue weighted by molar-refractivity contribution is 5.95. The van der Waals surface area contributed by atoms with Gasteiger partial charge in [0.2, 0.25) is 11.8 Å². The van der Waals surface area contributed by atoms with E-state index < -0.39 is 0 Å². The molecule has 0 aliphatic heterocycles. The minimum absolute atomic E-state index is 0.0175. The fraction of sp³-hybridized carbons (Fsp3) is 0.333. The number of carbonyl (C=O) groups excluding carboxylic acids is 2. The van der Waals surface area contributed by atoms with Crippen LogP contribution in [0.25, 0.3) is 0 Å². The highest BCUT2D eigenvalue weighted by atomic mass is 16.5. The molecule has 0 saturated heterocycles. The molecule has 0 unspecified atom stereocenters. The molecule has 0 fully saturated rings. The van der Waals surface area contributed by atoms with Crippen molar-refractivity contribution in [2.45, 2.75) is 20.3 Å². The number of hydrogen-bond donors (Lipinski definition) is 1. The Morgan fingerprint density at radius 2 is 1.85 bits per heavy atom. The van der Waals surface area contributed by atoms with Gasteiger partial charge in [-0.1, -0.05) is 18.2 Å². The van der Waals surface area contributed by atoms with Crippen LogP contribution in [0.5, 0.6) is 11.5 Å². The van der Waals surface area contributed by atoms with Gasteiger partial charge in [0, 0.05) is 13.5 Å². The lowest BCUT2D eigenvalue weighted by molar-refractivity contribution is -0.132. The first kappa shape index (κ1) is 20.3. The Balaban J connectivity index is 2.00. The highest BCUT2D eigenvalue weighted by Gasteiger charge is 2.15. The summed E-state index contributed by atoms with van der Waals surface area (Å²) in [6.07, 6.45) is 0.637. The summed E-state index contributed by atoms with van der Waals surface area (Å²) in [5.41, 5.74) is 2.65. The van der Waals surface area contributed by atoms with Gasteiger partial charge < -0.3 is 19.7 Å². The second-order valence-corrected chi connectivity index (χ2v) is 6.29. The van der Waals surface area contributed by atoms with Crippen molar-refractivity contribution in [2.24, 2.45) is 0 Å². The van der Waals surface area contributed by atoms with Crippen molar-refractivity contribution < 1.29 is 19.1 Å². The van der Waals surface area contributed by atoms with Crippen molar-refractivity contribution in [3.8, 4) is 11.5 Å². The summed E-state index contributed by atoms with van der Waals surface area (Å²) in [5.74, 6) is 0.940. The molecular formula is C21H26N2O4. The number of methoxy groups -OCH3 is 2. The maximum absolute atomic E-state index is 12.4. The van der Waals surface area contributed by atoms with Gasteiger partial charge in [0.25, 0.3) is 0 Å². The Hall–Kier alpha value is -3.02. The number of carbonyl (C=O) groups is 2. The van der Waals surface area contributed by atoms with Crippen LogP contribution in [-0.2, 0) is 16.0 Å². The zero-order valence-electron chi connectivity index (χ0n) is 16.2. The van der Waals surface area contributed by atoms with E-state index in [1.165, 1.54) is 11.8 Å². The van der Waals surface area contributed by atoms with Gasteiger partial charge >= 0.3 is 0 Å². The van der Waals surface area contributed by atoms with E-state index in [-0.39, 0.29) is 18.4 Å². The van der Waals surface area contributed by atoms with E-state index in [0.29, 0.717) is 24.4 Å². The van der Waals surface area contributed by atoms with Crippen molar-refractivity contribution in [3.63, 3.8) is 0 Å². The Morgan fingerprint density at radius 3 is 2.52 bits per heavy atom. The standard InChI is InChI=1S/C21H26N2O4/c1-15-8-9-20(27-4)19(12-15)22-21(25)14-23(16(2)24)11-10-17-6-5-7-18(13-17)26-3/h5-9,12-13H,10-11,14H2,1-4H3,(H,22,25). The molecule has 0 heterocycles. The van der Waals surface area contributed by atoms with Crippen LogP contribution in [0.15, 0.2) is 42.5 Å². The van der Waals surface area contributed by atoms with Gasteiger partial charge in [0.05, 0.1) is 26.5 Å². The van der Waals surface area contributed by atoms with Crippen LogP contribution >= 0.6 is 0 Å². The number of nitrogens with zero attached hydrogens (tertiary/aromatic N) is 1. The smallest absolute Gasteiger partial charge is 0.244 e. The largest absolute Gasteiger partial charge is 0.497 e. The van der Waals surface area contributed by atoms with E-state index in [9.17, 15) is 9.59 Å². The zero-order valence-corrected chi connectivity index (χ0v) is 16.2. The summed E-state index contributed by atoms with van der Waals surface area (Å²) in [5, 5.41) is 2.83. The van der Waals surface area contributed by atoms with E-state index in [1.54, 1.807) is 20.3 Å². The van der Waals surface area contributed by atoms with Gasteiger partial charge in [-0.25, -0.2) is 0 Å². The van der Waals surface area contributed by atoms with Gasteiger partial charge in [0.1, 0.15) is 11.5 Å². The van der Waals surface area contributed by atoms with Gasteiger partial charge in [0.15, 0.2) is 0 Å². The van der Waals surface area contributed by atoms with Crippen LogP contribution in [0, 0.1) is 6.92 Å². The summed E-state index contributed by atoms with van der Waals surface area (Å²) in [6, 6.07) is 13.2. The first-order valence-electron chi connectivity index (χ1n) is 8.76. The molecule has 2 amide bonds. The quantitative estimate of drug-likeness (QED) is 0.776. The van der Waals surface area contributed by atoms with Crippen LogP contribution in [0.2, 0.25) is 0 Å². The third-order valence-electron chi connectivity index (χ3n) is 4.21. The molecule has 0 bridgehead atoms. The monoisotopic (exact) mass is 370 g/mol. The molecule has 0 spiro atoms. The lowest BCUT2D eigenvalue weighted by Crippen LogP contribution is -2.38. The molecular weight excluding hydrogens is 344 g/mol. The molecule has 0 aromatic heterocycles. The maximum Gasteiger partial charge on any atom is 0.244 e.